The fourth-order valence-electron chi connectivity index (χ4n) is 1.32. The summed E-state index contributed by atoms with van der Waals surface area (Å²) in [5.74, 6) is 0. The fraction of sp³-hybridized carbons (Fsp3) is 0. The van der Waals surface area contributed by atoms with Gasteiger partial charge in [0.25, 0.3) is 0 Å². The van der Waals surface area contributed by atoms with Gasteiger partial charge in [-0.25, -0.2) is 0 Å². The van der Waals surface area contributed by atoms with Gasteiger partial charge >= 0.3 is 0 Å². The van der Waals surface area contributed by atoms with Gasteiger partial charge < -0.3 is 0 Å². The smallest absolute Gasteiger partial charge is 0.0256 e. The molecule has 0 nitrogen and oxygen atoms in total. The van der Waals surface area contributed by atoms with E-state index in [9.17, 15) is 0 Å². The molecule has 0 amide bonds. The van der Waals surface area contributed by atoms with Crippen molar-refractivity contribution in [2.24, 2.45) is 0 Å². The minimum Gasteiger partial charge on any atom is -0.0622 e. The summed E-state index contributed by atoms with van der Waals surface area (Å²) in [5, 5.41) is 0. The summed E-state index contributed by atoms with van der Waals surface area (Å²) in [4.78, 5) is 0. The highest BCUT2D eigenvalue weighted by Crippen LogP contribution is 2.10. The summed E-state index contributed by atoms with van der Waals surface area (Å²) in [6.45, 7) is 0. The zero-order valence-electron chi connectivity index (χ0n) is 7.93. The van der Waals surface area contributed by atoms with Crippen LogP contribution in [0.4, 0.5) is 0 Å². The lowest BCUT2D eigenvalue weighted by molar-refractivity contribution is 1.66. The van der Waals surface area contributed by atoms with Crippen molar-refractivity contribution in [3.63, 3.8) is 0 Å². The third kappa shape index (κ3) is 2.33. The number of hydrogen-bond acceptors (Lipinski definition) is 0. The van der Waals surface area contributed by atoms with E-state index < -0.39 is 0 Å². The molecule has 0 spiro atoms. The summed E-state index contributed by atoms with van der Waals surface area (Å²) in [6, 6.07) is 0. The summed E-state index contributed by atoms with van der Waals surface area (Å²) >= 11 is 0. The van der Waals surface area contributed by atoms with E-state index in [1.165, 1.54) is 11.1 Å². The van der Waals surface area contributed by atoms with Crippen LogP contribution in [0.5, 0.6) is 0 Å². The first-order chi connectivity index (χ1) is 6.95. The zero-order valence-corrected chi connectivity index (χ0v) is 7.93. The Bertz CT molecular complexity index is 375. The topological polar surface area (TPSA) is 0 Å². The third-order valence-electron chi connectivity index (χ3n) is 2.07. The van der Waals surface area contributed by atoms with Gasteiger partial charge in [0.15, 0.2) is 0 Å². The van der Waals surface area contributed by atoms with Crippen molar-refractivity contribution in [2.45, 2.75) is 0 Å². The average molecular weight is 180 g/mol. The molecule has 2 aliphatic rings. The van der Waals surface area contributed by atoms with E-state index in [4.69, 9.17) is 0 Å². The van der Waals surface area contributed by atoms with Crippen molar-refractivity contribution < 1.29 is 0 Å². The molecule has 0 unspecified atom stereocenters. The number of hydrogen-bond donors (Lipinski definition) is 0. The second-order valence-electron chi connectivity index (χ2n) is 3.15. The molecule has 0 saturated carbocycles. The van der Waals surface area contributed by atoms with Crippen molar-refractivity contribution >= 4 is 0 Å². The van der Waals surface area contributed by atoms with E-state index in [-0.39, 0.29) is 0 Å². The molecule has 0 radical (unpaired) electrons. The molecule has 2 aliphatic carbocycles. The molecule has 0 bridgehead atoms. The molecule has 0 atom stereocenters. The predicted octanol–water partition coefficient (Wildman–Crippen LogP) is 3.65. The van der Waals surface area contributed by atoms with E-state index in [0.717, 1.165) is 0 Å². The van der Waals surface area contributed by atoms with E-state index in [1.54, 1.807) is 0 Å². The van der Waals surface area contributed by atoms with Crippen LogP contribution in [0.15, 0.2) is 84.1 Å². The Kier molecular flexibility index (Phi) is 2.77. The van der Waals surface area contributed by atoms with Crippen molar-refractivity contribution in [3.05, 3.63) is 84.1 Å². The Morgan fingerprint density at radius 2 is 0.857 bits per heavy atom. The van der Waals surface area contributed by atoms with Gasteiger partial charge in [0.1, 0.15) is 0 Å². The predicted molar refractivity (Wildman–Crippen MR) is 61.9 cm³/mol. The molecular weight excluding hydrogens is 168 g/mol. The Balaban J connectivity index is 2.15. The average Bonchev–Trinajstić information content (AvgIpc) is 2.58. The molecule has 0 N–H and O–H groups in total. The summed E-state index contributed by atoms with van der Waals surface area (Å²) in [7, 11) is 0. The lowest BCUT2D eigenvalue weighted by Gasteiger charge is -1.90. The minimum atomic E-state index is 1.22. The van der Waals surface area contributed by atoms with Gasteiger partial charge in [-0.05, 0) is 11.1 Å². The molecule has 0 aromatic carbocycles. The van der Waals surface area contributed by atoms with E-state index in [1.807, 2.05) is 36.5 Å². The largest absolute Gasteiger partial charge is 0.0622 e. The highest BCUT2D eigenvalue weighted by atomic mass is 14.0. The Morgan fingerprint density at radius 3 is 1.29 bits per heavy atom. The maximum absolute atomic E-state index is 2.12. The van der Waals surface area contributed by atoms with Gasteiger partial charge in [-0.1, -0.05) is 72.9 Å². The molecule has 0 heteroatoms. The van der Waals surface area contributed by atoms with Crippen LogP contribution in [0.1, 0.15) is 0 Å². The van der Waals surface area contributed by atoms with E-state index >= 15 is 0 Å². The van der Waals surface area contributed by atoms with Crippen molar-refractivity contribution in [3.8, 4) is 0 Å². The van der Waals surface area contributed by atoms with Crippen LogP contribution in [0.25, 0.3) is 0 Å². The van der Waals surface area contributed by atoms with Gasteiger partial charge in [0, 0.05) is 0 Å². The van der Waals surface area contributed by atoms with Crippen LogP contribution in [0.2, 0.25) is 0 Å². The summed E-state index contributed by atoms with van der Waals surface area (Å²) in [5.41, 5.74) is 2.47. The SMILES string of the molecule is C1=CC=CC(=CC=C2C=CC=C2)C=C1. The highest BCUT2D eigenvalue weighted by Gasteiger charge is 1.89. The van der Waals surface area contributed by atoms with Gasteiger partial charge in [0.05, 0.1) is 0 Å². The summed E-state index contributed by atoms with van der Waals surface area (Å²) in [6.07, 6.45) is 24.9. The second kappa shape index (κ2) is 4.43. The molecule has 0 aromatic rings. The zero-order chi connectivity index (χ0) is 9.64. The normalized spacial score (nSPS) is 17.7. The van der Waals surface area contributed by atoms with Gasteiger partial charge in [-0.2, -0.15) is 0 Å². The maximum Gasteiger partial charge on any atom is -0.0256 e. The molecule has 0 aliphatic heterocycles. The van der Waals surface area contributed by atoms with Crippen LogP contribution in [-0.4, -0.2) is 0 Å². The van der Waals surface area contributed by atoms with Crippen molar-refractivity contribution in [1.82, 2.24) is 0 Å². The monoisotopic (exact) mass is 180 g/mol. The summed E-state index contributed by atoms with van der Waals surface area (Å²) < 4.78 is 0. The van der Waals surface area contributed by atoms with Gasteiger partial charge in [-0.3, -0.25) is 0 Å². The first kappa shape index (κ1) is 8.76. The lowest BCUT2D eigenvalue weighted by atomic mass is 10.2. The molecule has 0 aromatic heterocycles. The Hall–Kier alpha value is -1.82. The molecule has 2 rings (SSSR count). The number of rotatable bonds is 1. The molecule has 0 heterocycles. The van der Waals surface area contributed by atoms with Gasteiger partial charge in [0.2, 0.25) is 0 Å². The molecule has 0 fully saturated rings. The lowest BCUT2D eigenvalue weighted by Crippen LogP contribution is -1.70. The van der Waals surface area contributed by atoms with Crippen molar-refractivity contribution in [2.75, 3.05) is 0 Å². The standard InChI is InChI=1S/C14H12/c1-2-4-8-13(7-3-1)11-12-14-9-5-6-10-14/h1-12H. The van der Waals surface area contributed by atoms with Crippen LogP contribution >= 0.6 is 0 Å². The maximum atomic E-state index is 2.12. The third-order valence-corrected chi connectivity index (χ3v) is 2.07. The van der Waals surface area contributed by atoms with Crippen LogP contribution in [0.3, 0.4) is 0 Å². The highest BCUT2D eigenvalue weighted by molar-refractivity contribution is 5.45. The quantitative estimate of drug-likeness (QED) is 0.578. The van der Waals surface area contributed by atoms with Crippen LogP contribution < -0.4 is 0 Å². The minimum absolute atomic E-state index is 1.22. The Labute approximate surface area is 84.6 Å². The molecular formula is C14H12. The fourth-order valence-corrected chi connectivity index (χ4v) is 1.32. The Morgan fingerprint density at radius 1 is 0.500 bits per heavy atom. The van der Waals surface area contributed by atoms with E-state index in [0.29, 0.717) is 0 Å². The first-order valence-corrected chi connectivity index (χ1v) is 4.73. The molecule has 68 valence electrons. The van der Waals surface area contributed by atoms with Gasteiger partial charge in [-0.15, -0.1) is 0 Å². The van der Waals surface area contributed by atoms with Crippen LogP contribution in [-0.2, 0) is 0 Å². The van der Waals surface area contributed by atoms with Crippen LogP contribution in [0, 0.1) is 0 Å². The van der Waals surface area contributed by atoms with Crippen molar-refractivity contribution in [1.29, 1.82) is 0 Å². The second-order valence-corrected chi connectivity index (χ2v) is 3.15. The first-order valence-electron chi connectivity index (χ1n) is 4.73. The molecule has 0 saturated heterocycles. The number of allylic oxidation sites excluding steroid dienone is 14. The molecule has 14 heavy (non-hydrogen) atoms. The van der Waals surface area contributed by atoms with E-state index in [2.05, 4.69) is 36.5 Å².